The first kappa shape index (κ1) is 12.9. The quantitative estimate of drug-likeness (QED) is 0.929. The molecule has 0 saturated carbocycles. The number of H-pyrrole nitrogens is 1. The Hall–Kier alpha value is -1.59. The summed E-state index contributed by atoms with van der Waals surface area (Å²) in [5.74, 6) is 0. The van der Waals surface area contributed by atoms with Crippen molar-refractivity contribution in [3.8, 4) is 0 Å². The topological polar surface area (TPSA) is 67.8 Å². The van der Waals surface area contributed by atoms with E-state index in [-0.39, 0.29) is 16.6 Å². The van der Waals surface area contributed by atoms with Crippen LogP contribution in [0.5, 0.6) is 0 Å². The third-order valence-corrected chi connectivity index (χ3v) is 3.19. The van der Waals surface area contributed by atoms with Gasteiger partial charge in [-0.1, -0.05) is 29.3 Å². The van der Waals surface area contributed by atoms with Crippen molar-refractivity contribution >= 4 is 23.2 Å². The molecule has 0 aliphatic rings. The fourth-order valence-corrected chi connectivity index (χ4v) is 1.78. The van der Waals surface area contributed by atoms with E-state index in [1.165, 1.54) is 0 Å². The lowest BCUT2D eigenvalue weighted by atomic mass is 10.3. The summed E-state index contributed by atoms with van der Waals surface area (Å²) in [5.41, 5.74) is -0.282. The van der Waals surface area contributed by atoms with E-state index in [9.17, 15) is 9.59 Å². The number of nitrogens with zero attached hydrogens (tertiary/aromatic N) is 2. The van der Waals surface area contributed by atoms with Gasteiger partial charge in [0.1, 0.15) is 10.0 Å². The van der Waals surface area contributed by atoms with Gasteiger partial charge in [0.05, 0.1) is 0 Å². The van der Waals surface area contributed by atoms with E-state index < -0.39 is 11.1 Å². The summed E-state index contributed by atoms with van der Waals surface area (Å²) in [6, 6.07) is 5.49. The minimum atomic E-state index is -0.581. The smallest absolute Gasteiger partial charge is 0.266 e. The number of hydrogen-bond donors (Lipinski definition) is 1. The normalized spacial score (nSPS) is 10.6. The molecule has 2 aromatic rings. The average Bonchev–Trinajstić information content (AvgIpc) is 2.40. The zero-order valence-electron chi connectivity index (χ0n) is 9.19. The van der Waals surface area contributed by atoms with Crippen LogP contribution in [-0.4, -0.2) is 14.8 Å². The number of aromatic amines is 1. The fourth-order valence-electron chi connectivity index (χ4n) is 1.46. The molecule has 0 atom stereocenters. The Kier molecular flexibility index (Phi) is 3.84. The van der Waals surface area contributed by atoms with Crippen LogP contribution in [0, 0.1) is 0 Å². The molecule has 0 aromatic carbocycles. The molecule has 0 amide bonds. The number of halogens is 2. The highest BCUT2D eigenvalue weighted by atomic mass is 35.5. The van der Waals surface area contributed by atoms with E-state index in [2.05, 4.69) is 10.1 Å². The number of aryl methyl sites for hydroxylation is 2. The third kappa shape index (κ3) is 2.63. The van der Waals surface area contributed by atoms with Crippen molar-refractivity contribution in [3.05, 3.63) is 60.8 Å². The summed E-state index contributed by atoms with van der Waals surface area (Å²) in [4.78, 5) is 27.2. The van der Waals surface area contributed by atoms with Crippen LogP contribution >= 0.6 is 23.2 Å². The van der Waals surface area contributed by atoms with Crippen molar-refractivity contribution in [2.75, 3.05) is 0 Å². The highest BCUT2D eigenvalue weighted by Gasteiger charge is 2.10. The average molecular weight is 286 g/mol. The Labute approximate surface area is 112 Å². The lowest BCUT2D eigenvalue weighted by molar-refractivity contribution is 0.565. The van der Waals surface area contributed by atoms with Gasteiger partial charge in [0.25, 0.3) is 11.1 Å². The van der Waals surface area contributed by atoms with Gasteiger partial charge in [0.2, 0.25) is 0 Å². The molecule has 2 aromatic heterocycles. The number of aromatic nitrogens is 3. The zero-order valence-corrected chi connectivity index (χ0v) is 10.7. The van der Waals surface area contributed by atoms with Crippen LogP contribution < -0.4 is 11.1 Å². The van der Waals surface area contributed by atoms with Gasteiger partial charge in [-0.2, -0.15) is 0 Å². The first-order valence-corrected chi connectivity index (χ1v) is 5.93. The van der Waals surface area contributed by atoms with E-state index in [0.29, 0.717) is 6.42 Å². The van der Waals surface area contributed by atoms with Crippen LogP contribution in [-0.2, 0) is 13.0 Å². The number of hydrogen-bond acceptors (Lipinski definition) is 3. The van der Waals surface area contributed by atoms with Gasteiger partial charge in [0.15, 0.2) is 0 Å². The van der Waals surface area contributed by atoms with Crippen molar-refractivity contribution in [2.24, 2.45) is 0 Å². The Morgan fingerprint density at radius 1 is 1.22 bits per heavy atom. The molecule has 1 N–H and O–H groups in total. The summed E-state index contributed by atoms with van der Waals surface area (Å²) < 4.78 is 1.13. The first-order valence-electron chi connectivity index (χ1n) is 5.17. The van der Waals surface area contributed by atoms with Gasteiger partial charge >= 0.3 is 0 Å². The summed E-state index contributed by atoms with van der Waals surface area (Å²) in [6.45, 7) is 0.280. The molecule has 7 heteroatoms. The summed E-state index contributed by atoms with van der Waals surface area (Å²) in [6.07, 6.45) is 2.17. The maximum absolute atomic E-state index is 11.7. The molecule has 0 spiro atoms. The molecule has 5 nitrogen and oxygen atoms in total. The Bertz CT molecular complexity index is 664. The highest BCUT2D eigenvalue weighted by Crippen LogP contribution is 2.10. The molecule has 2 rings (SSSR count). The van der Waals surface area contributed by atoms with Crippen molar-refractivity contribution in [2.45, 2.75) is 13.0 Å². The van der Waals surface area contributed by atoms with Crippen LogP contribution in [0.25, 0.3) is 0 Å². The molecule has 0 unspecified atom stereocenters. The lowest BCUT2D eigenvalue weighted by Gasteiger charge is -2.06. The van der Waals surface area contributed by atoms with Gasteiger partial charge in [0, 0.05) is 24.9 Å². The van der Waals surface area contributed by atoms with Crippen molar-refractivity contribution in [1.82, 2.24) is 14.8 Å². The predicted molar refractivity (Wildman–Crippen MR) is 69.3 cm³/mol. The van der Waals surface area contributed by atoms with Crippen LogP contribution in [0.1, 0.15) is 5.69 Å². The number of rotatable bonds is 3. The maximum atomic E-state index is 11.7. The fraction of sp³-hybridized carbons (Fsp3) is 0.182. The maximum Gasteiger partial charge on any atom is 0.285 e. The molecule has 2 heterocycles. The molecule has 18 heavy (non-hydrogen) atoms. The van der Waals surface area contributed by atoms with Crippen molar-refractivity contribution in [1.29, 1.82) is 0 Å². The molecule has 0 aliphatic carbocycles. The molecular formula is C11H9Cl2N3O2. The standard InChI is InChI=1S/C11H9Cl2N3O2/c12-8-9(13)11(18)16(15-10(8)17)6-4-7-3-1-2-5-14-7/h1-3,5H,4,6H2,(H,15,17). The van der Waals surface area contributed by atoms with Gasteiger partial charge in [-0.15, -0.1) is 0 Å². The Morgan fingerprint density at radius 3 is 2.67 bits per heavy atom. The predicted octanol–water partition coefficient (Wildman–Crippen LogP) is 1.48. The Balaban J connectivity index is 2.26. The van der Waals surface area contributed by atoms with E-state index >= 15 is 0 Å². The molecule has 0 saturated heterocycles. The SMILES string of the molecule is O=c1[nH]n(CCc2ccccn2)c(=O)c(Cl)c1Cl. The molecule has 94 valence electrons. The van der Waals surface area contributed by atoms with Crippen LogP contribution in [0.4, 0.5) is 0 Å². The van der Waals surface area contributed by atoms with Crippen LogP contribution in [0.15, 0.2) is 34.0 Å². The molecule has 0 fully saturated rings. The monoisotopic (exact) mass is 285 g/mol. The van der Waals surface area contributed by atoms with Gasteiger partial charge < -0.3 is 0 Å². The summed E-state index contributed by atoms with van der Waals surface area (Å²) in [5, 5.41) is 1.82. The molecule has 0 radical (unpaired) electrons. The molecular weight excluding hydrogens is 277 g/mol. The first-order chi connectivity index (χ1) is 8.59. The van der Waals surface area contributed by atoms with E-state index in [4.69, 9.17) is 23.2 Å². The van der Waals surface area contributed by atoms with E-state index in [1.807, 2.05) is 12.1 Å². The van der Waals surface area contributed by atoms with E-state index in [0.717, 1.165) is 10.4 Å². The van der Waals surface area contributed by atoms with Crippen molar-refractivity contribution in [3.63, 3.8) is 0 Å². The highest BCUT2D eigenvalue weighted by molar-refractivity contribution is 6.41. The second-order valence-corrected chi connectivity index (χ2v) is 4.35. The Morgan fingerprint density at radius 2 is 2.00 bits per heavy atom. The largest absolute Gasteiger partial charge is 0.285 e. The van der Waals surface area contributed by atoms with Crippen LogP contribution in [0.2, 0.25) is 10.0 Å². The zero-order chi connectivity index (χ0) is 13.1. The number of pyridine rings is 1. The molecule has 0 bridgehead atoms. The second-order valence-electron chi connectivity index (χ2n) is 3.60. The summed E-state index contributed by atoms with van der Waals surface area (Å²) in [7, 11) is 0. The second kappa shape index (κ2) is 5.37. The minimum absolute atomic E-state index is 0.263. The third-order valence-electron chi connectivity index (χ3n) is 2.38. The van der Waals surface area contributed by atoms with Gasteiger partial charge in [-0.3, -0.25) is 19.7 Å². The summed E-state index contributed by atoms with van der Waals surface area (Å²) >= 11 is 11.2. The van der Waals surface area contributed by atoms with Crippen LogP contribution in [0.3, 0.4) is 0 Å². The van der Waals surface area contributed by atoms with Gasteiger partial charge in [-0.05, 0) is 12.1 Å². The number of nitrogens with one attached hydrogen (secondary N) is 1. The minimum Gasteiger partial charge on any atom is -0.266 e. The van der Waals surface area contributed by atoms with E-state index in [1.54, 1.807) is 12.3 Å². The lowest BCUT2D eigenvalue weighted by Crippen LogP contribution is -2.31. The van der Waals surface area contributed by atoms with Crippen molar-refractivity contribution < 1.29 is 0 Å². The van der Waals surface area contributed by atoms with Gasteiger partial charge in [-0.25, -0.2) is 4.68 Å². The molecule has 0 aliphatic heterocycles.